The molecule has 25 heavy (non-hydrogen) atoms. The Morgan fingerprint density at radius 3 is 2.92 bits per heavy atom. The lowest BCUT2D eigenvalue weighted by Gasteiger charge is -2.23. The second kappa shape index (κ2) is 7.97. The summed E-state index contributed by atoms with van der Waals surface area (Å²) in [5.41, 5.74) is 0.474. The number of hydrogen-bond donors (Lipinski definition) is 2. The fourth-order valence-electron chi connectivity index (χ4n) is 3.62. The summed E-state index contributed by atoms with van der Waals surface area (Å²) < 4.78 is 0. The van der Waals surface area contributed by atoms with E-state index in [4.69, 9.17) is 5.26 Å². The minimum Gasteiger partial charge on any atom is -0.367 e. The molecule has 1 atom stereocenters. The number of carbonyl (C=O) groups is 2. The molecule has 0 aromatic carbocycles. The first kappa shape index (κ1) is 17.2. The number of nitrogens with zero attached hydrogens (tertiary/aromatic N) is 3. The number of carbonyl (C=O) groups excluding carboxylic acids is 2. The summed E-state index contributed by atoms with van der Waals surface area (Å²) in [7, 11) is 0. The van der Waals surface area contributed by atoms with E-state index in [1.807, 2.05) is 4.90 Å². The Hall–Kier alpha value is -2.62. The molecule has 2 amide bonds. The second-order valence-corrected chi connectivity index (χ2v) is 6.61. The zero-order valence-electron chi connectivity index (χ0n) is 14.2. The number of hydrogen-bond acceptors (Lipinski definition) is 5. The van der Waals surface area contributed by atoms with Crippen molar-refractivity contribution >= 4 is 17.6 Å². The summed E-state index contributed by atoms with van der Waals surface area (Å²) in [4.78, 5) is 30.5. The van der Waals surface area contributed by atoms with Crippen LogP contribution in [0.5, 0.6) is 0 Å². The van der Waals surface area contributed by atoms with Crippen molar-refractivity contribution in [1.82, 2.24) is 15.2 Å². The molecular weight excluding hydrogens is 318 g/mol. The number of anilines is 1. The summed E-state index contributed by atoms with van der Waals surface area (Å²) in [6.07, 6.45) is 6.41. The molecule has 7 nitrogen and oxygen atoms in total. The molecule has 0 radical (unpaired) electrons. The van der Waals surface area contributed by atoms with Gasteiger partial charge in [-0.2, -0.15) is 5.26 Å². The van der Waals surface area contributed by atoms with Gasteiger partial charge in [-0.1, -0.05) is 12.8 Å². The Bertz CT molecular complexity index is 678. The van der Waals surface area contributed by atoms with Crippen LogP contribution >= 0.6 is 0 Å². The smallest absolute Gasteiger partial charge is 0.225 e. The average Bonchev–Trinajstić information content (AvgIpc) is 3.28. The third-order valence-electron chi connectivity index (χ3n) is 4.94. The molecule has 2 fully saturated rings. The van der Waals surface area contributed by atoms with Crippen LogP contribution in [0.1, 0.15) is 37.7 Å². The van der Waals surface area contributed by atoms with Crippen LogP contribution in [0.4, 0.5) is 5.82 Å². The van der Waals surface area contributed by atoms with Gasteiger partial charge in [0.2, 0.25) is 11.8 Å². The molecule has 7 heteroatoms. The third-order valence-corrected chi connectivity index (χ3v) is 4.94. The molecule has 0 unspecified atom stereocenters. The molecule has 3 rings (SSSR count). The number of likely N-dealkylation sites (tertiary alicyclic amines) is 1. The quantitative estimate of drug-likeness (QED) is 0.759. The van der Waals surface area contributed by atoms with E-state index in [9.17, 15) is 9.59 Å². The van der Waals surface area contributed by atoms with Gasteiger partial charge < -0.3 is 15.5 Å². The standard InChI is InChI=1S/C18H23N5O2/c19-11-13-4-3-7-20-17(13)21-8-9-22-18(25)14-10-16(24)23(12-14)15-5-1-2-6-15/h3-4,7,14-15H,1-2,5-6,8-10,12H2,(H,20,21)(H,22,25)/t14-/m0/s1. The average molecular weight is 341 g/mol. The molecule has 1 saturated heterocycles. The van der Waals surface area contributed by atoms with Gasteiger partial charge in [0.15, 0.2) is 0 Å². The van der Waals surface area contributed by atoms with Gasteiger partial charge in [-0.05, 0) is 25.0 Å². The summed E-state index contributed by atoms with van der Waals surface area (Å²) >= 11 is 0. The fourth-order valence-corrected chi connectivity index (χ4v) is 3.62. The largest absolute Gasteiger partial charge is 0.367 e. The van der Waals surface area contributed by atoms with Crippen molar-refractivity contribution in [3.05, 3.63) is 23.9 Å². The first-order valence-corrected chi connectivity index (χ1v) is 8.85. The molecule has 1 aliphatic heterocycles. The van der Waals surface area contributed by atoms with Gasteiger partial charge in [-0.25, -0.2) is 4.98 Å². The Morgan fingerprint density at radius 1 is 1.36 bits per heavy atom. The predicted molar refractivity (Wildman–Crippen MR) is 92.5 cm³/mol. The van der Waals surface area contributed by atoms with Crippen LogP contribution in [0.15, 0.2) is 18.3 Å². The third kappa shape index (κ3) is 4.08. The molecule has 1 aromatic rings. The Morgan fingerprint density at radius 2 is 2.16 bits per heavy atom. The highest BCUT2D eigenvalue weighted by molar-refractivity contribution is 5.89. The van der Waals surface area contributed by atoms with Crippen molar-refractivity contribution in [2.75, 3.05) is 25.0 Å². The van der Waals surface area contributed by atoms with Gasteiger partial charge in [0.1, 0.15) is 11.9 Å². The number of amides is 2. The monoisotopic (exact) mass is 341 g/mol. The fraction of sp³-hybridized carbons (Fsp3) is 0.556. The lowest BCUT2D eigenvalue weighted by Crippen LogP contribution is -2.38. The highest BCUT2D eigenvalue weighted by atomic mass is 16.2. The SMILES string of the molecule is N#Cc1cccnc1NCCNC(=O)[C@H]1CC(=O)N(C2CCCC2)C1. The topological polar surface area (TPSA) is 98.1 Å². The van der Waals surface area contributed by atoms with Gasteiger partial charge in [0.05, 0.1) is 11.5 Å². The van der Waals surface area contributed by atoms with E-state index in [0.29, 0.717) is 43.5 Å². The van der Waals surface area contributed by atoms with Crippen molar-refractivity contribution in [2.45, 2.75) is 38.1 Å². The van der Waals surface area contributed by atoms with Crippen LogP contribution in [0.25, 0.3) is 0 Å². The molecule has 2 N–H and O–H groups in total. The molecule has 2 heterocycles. The minimum absolute atomic E-state index is 0.0721. The van der Waals surface area contributed by atoms with Crippen LogP contribution in [0.3, 0.4) is 0 Å². The van der Waals surface area contributed by atoms with Crippen LogP contribution in [-0.4, -0.2) is 47.4 Å². The normalized spacial score (nSPS) is 20.5. The molecule has 1 aromatic heterocycles. The summed E-state index contributed by atoms with van der Waals surface area (Å²) in [5.74, 6) is 0.301. The number of pyridine rings is 1. The molecule has 0 bridgehead atoms. The lowest BCUT2D eigenvalue weighted by atomic mass is 10.1. The summed E-state index contributed by atoms with van der Waals surface area (Å²) in [5, 5.41) is 14.9. The molecule has 2 aliphatic rings. The highest BCUT2D eigenvalue weighted by Gasteiger charge is 2.38. The van der Waals surface area contributed by atoms with Gasteiger partial charge >= 0.3 is 0 Å². The number of nitrogens with one attached hydrogen (secondary N) is 2. The number of nitriles is 1. The van der Waals surface area contributed by atoms with E-state index in [1.54, 1.807) is 18.3 Å². The molecule has 1 aliphatic carbocycles. The first-order valence-electron chi connectivity index (χ1n) is 8.85. The Balaban J connectivity index is 1.42. The molecule has 1 saturated carbocycles. The molecular formula is C18H23N5O2. The maximum Gasteiger partial charge on any atom is 0.225 e. The maximum atomic E-state index is 12.3. The van der Waals surface area contributed by atoms with Crippen LogP contribution < -0.4 is 10.6 Å². The second-order valence-electron chi connectivity index (χ2n) is 6.61. The van der Waals surface area contributed by atoms with Crippen molar-refractivity contribution in [3.63, 3.8) is 0 Å². The predicted octanol–water partition coefficient (Wildman–Crippen LogP) is 1.27. The Labute approximate surface area is 147 Å². The maximum absolute atomic E-state index is 12.3. The zero-order chi connectivity index (χ0) is 17.6. The lowest BCUT2D eigenvalue weighted by molar-refractivity contribution is -0.130. The van der Waals surface area contributed by atoms with E-state index in [0.717, 1.165) is 12.8 Å². The van der Waals surface area contributed by atoms with Gasteiger partial charge in [-0.15, -0.1) is 0 Å². The highest BCUT2D eigenvalue weighted by Crippen LogP contribution is 2.29. The van der Waals surface area contributed by atoms with Gasteiger partial charge in [0.25, 0.3) is 0 Å². The van der Waals surface area contributed by atoms with Gasteiger partial charge in [-0.3, -0.25) is 9.59 Å². The Kier molecular flexibility index (Phi) is 5.49. The van der Waals surface area contributed by atoms with Gasteiger partial charge in [0, 0.05) is 38.3 Å². The minimum atomic E-state index is -0.252. The van der Waals surface area contributed by atoms with E-state index in [2.05, 4.69) is 21.7 Å². The van der Waals surface area contributed by atoms with E-state index >= 15 is 0 Å². The summed E-state index contributed by atoms with van der Waals surface area (Å²) in [6.45, 7) is 1.44. The molecule has 132 valence electrons. The van der Waals surface area contributed by atoms with Crippen molar-refractivity contribution in [2.24, 2.45) is 5.92 Å². The van der Waals surface area contributed by atoms with Crippen LogP contribution in [-0.2, 0) is 9.59 Å². The zero-order valence-corrected chi connectivity index (χ0v) is 14.2. The molecule has 0 spiro atoms. The van der Waals surface area contributed by atoms with E-state index < -0.39 is 0 Å². The van der Waals surface area contributed by atoms with E-state index in [1.165, 1.54) is 12.8 Å². The first-order chi connectivity index (χ1) is 12.2. The van der Waals surface area contributed by atoms with Crippen molar-refractivity contribution in [3.8, 4) is 6.07 Å². The van der Waals surface area contributed by atoms with Crippen molar-refractivity contribution in [1.29, 1.82) is 5.26 Å². The summed E-state index contributed by atoms with van der Waals surface area (Å²) in [6, 6.07) is 5.80. The number of rotatable bonds is 6. The number of aromatic nitrogens is 1. The van der Waals surface area contributed by atoms with Crippen LogP contribution in [0.2, 0.25) is 0 Å². The van der Waals surface area contributed by atoms with E-state index in [-0.39, 0.29) is 17.7 Å². The van der Waals surface area contributed by atoms with Crippen molar-refractivity contribution < 1.29 is 9.59 Å². The van der Waals surface area contributed by atoms with Crippen LogP contribution in [0, 0.1) is 17.2 Å².